The maximum Gasteiger partial charge on any atom is 0.143 e. The van der Waals surface area contributed by atoms with Crippen LogP contribution in [0.3, 0.4) is 0 Å². The fourth-order valence-corrected chi connectivity index (χ4v) is 2.38. The third-order valence-corrected chi connectivity index (χ3v) is 3.56. The molecule has 0 fully saturated rings. The molecule has 100 valence electrons. The summed E-state index contributed by atoms with van der Waals surface area (Å²) in [4.78, 5) is 2.46. The number of rotatable bonds is 5. The minimum Gasteiger partial charge on any atom is -0.486 e. The Balaban J connectivity index is 2.24. The molecule has 1 aromatic rings. The molecule has 1 atom stereocenters. The summed E-state index contributed by atoms with van der Waals surface area (Å²) in [6.07, 6.45) is 3.82. The van der Waals surface area contributed by atoms with Crippen LogP contribution >= 0.6 is 0 Å². The van der Waals surface area contributed by atoms with Gasteiger partial charge in [-0.1, -0.05) is 26.3 Å². The van der Waals surface area contributed by atoms with Crippen LogP contribution in [0.4, 0.5) is 5.69 Å². The molecule has 0 saturated heterocycles. The molecule has 0 saturated carbocycles. The van der Waals surface area contributed by atoms with E-state index in [0.717, 1.165) is 30.8 Å². The van der Waals surface area contributed by atoms with Crippen molar-refractivity contribution in [2.75, 3.05) is 18.0 Å². The molecule has 0 spiro atoms. The molecule has 0 aromatic heterocycles. The molecule has 3 nitrogen and oxygen atoms in total. The second-order valence-electron chi connectivity index (χ2n) is 4.95. The van der Waals surface area contributed by atoms with Gasteiger partial charge in [0.25, 0.3) is 0 Å². The summed E-state index contributed by atoms with van der Waals surface area (Å²) in [5.74, 6) is 1.01. The lowest BCUT2D eigenvalue weighted by Gasteiger charge is -2.36. The SMILES string of the molecule is CCCCN1CC(CC)Oc2cc(CN)ccc21. The van der Waals surface area contributed by atoms with Crippen molar-refractivity contribution in [3.05, 3.63) is 23.8 Å². The number of ether oxygens (including phenoxy) is 1. The topological polar surface area (TPSA) is 38.5 Å². The predicted molar refractivity (Wildman–Crippen MR) is 76.2 cm³/mol. The quantitative estimate of drug-likeness (QED) is 0.870. The Kier molecular flexibility index (Phi) is 4.48. The van der Waals surface area contributed by atoms with Gasteiger partial charge in [-0.3, -0.25) is 0 Å². The van der Waals surface area contributed by atoms with Gasteiger partial charge in [0.05, 0.1) is 12.2 Å². The molecule has 2 rings (SSSR count). The Morgan fingerprint density at radius 3 is 2.89 bits per heavy atom. The zero-order valence-corrected chi connectivity index (χ0v) is 11.5. The summed E-state index contributed by atoms with van der Waals surface area (Å²) >= 11 is 0. The van der Waals surface area contributed by atoms with Crippen LogP contribution < -0.4 is 15.4 Å². The number of hydrogen-bond acceptors (Lipinski definition) is 3. The van der Waals surface area contributed by atoms with Gasteiger partial charge in [-0.2, -0.15) is 0 Å². The van der Waals surface area contributed by atoms with Crippen molar-refractivity contribution in [2.45, 2.75) is 45.8 Å². The van der Waals surface area contributed by atoms with Crippen molar-refractivity contribution in [3.8, 4) is 5.75 Å². The molecule has 0 amide bonds. The number of hydrogen-bond donors (Lipinski definition) is 1. The van der Waals surface area contributed by atoms with E-state index in [4.69, 9.17) is 10.5 Å². The summed E-state index contributed by atoms with van der Waals surface area (Å²) in [6, 6.07) is 6.35. The zero-order valence-electron chi connectivity index (χ0n) is 11.5. The van der Waals surface area contributed by atoms with Gasteiger partial charge in [-0.25, -0.2) is 0 Å². The van der Waals surface area contributed by atoms with Crippen molar-refractivity contribution in [1.82, 2.24) is 0 Å². The molecule has 0 radical (unpaired) electrons. The first-order chi connectivity index (χ1) is 8.78. The third kappa shape index (κ3) is 2.78. The second-order valence-corrected chi connectivity index (χ2v) is 4.95. The van der Waals surface area contributed by atoms with Crippen LogP contribution in [0.15, 0.2) is 18.2 Å². The van der Waals surface area contributed by atoms with E-state index in [1.807, 2.05) is 0 Å². The van der Waals surface area contributed by atoms with Crippen LogP contribution in [-0.2, 0) is 6.54 Å². The van der Waals surface area contributed by atoms with Gasteiger partial charge < -0.3 is 15.4 Å². The number of unbranched alkanes of at least 4 members (excludes halogenated alkanes) is 1. The lowest BCUT2D eigenvalue weighted by atomic mass is 10.1. The number of anilines is 1. The van der Waals surface area contributed by atoms with Gasteiger partial charge in [0.15, 0.2) is 0 Å². The number of nitrogens with two attached hydrogens (primary N) is 1. The van der Waals surface area contributed by atoms with Gasteiger partial charge in [-0.05, 0) is 30.5 Å². The van der Waals surface area contributed by atoms with Crippen LogP contribution in [0.2, 0.25) is 0 Å². The highest BCUT2D eigenvalue weighted by Crippen LogP contribution is 2.35. The molecule has 18 heavy (non-hydrogen) atoms. The highest BCUT2D eigenvalue weighted by Gasteiger charge is 2.24. The van der Waals surface area contributed by atoms with E-state index >= 15 is 0 Å². The van der Waals surface area contributed by atoms with Crippen LogP contribution in [0.5, 0.6) is 5.75 Å². The molecule has 1 heterocycles. The number of fused-ring (bicyclic) bond motifs is 1. The van der Waals surface area contributed by atoms with E-state index < -0.39 is 0 Å². The monoisotopic (exact) mass is 248 g/mol. The van der Waals surface area contributed by atoms with Crippen molar-refractivity contribution in [1.29, 1.82) is 0 Å². The molecule has 1 aromatic carbocycles. The second kappa shape index (κ2) is 6.10. The lowest BCUT2D eigenvalue weighted by molar-refractivity contribution is 0.189. The molecular formula is C15H24N2O. The maximum absolute atomic E-state index is 6.04. The highest BCUT2D eigenvalue weighted by molar-refractivity contribution is 5.61. The summed E-state index contributed by atoms with van der Waals surface area (Å²) in [5.41, 5.74) is 8.06. The Bertz CT molecular complexity index is 392. The van der Waals surface area contributed by atoms with Crippen molar-refractivity contribution in [2.24, 2.45) is 5.73 Å². The first-order valence-corrected chi connectivity index (χ1v) is 7.03. The number of nitrogens with zero attached hydrogens (tertiary/aromatic N) is 1. The average Bonchev–Trinajstić information content (AvgIpc) is 2.43. The molecule has 0 bridgehead atoms. The maximum atomic E-state index is 6.04. The van der Waals surface area contributed by atoms with Crippen molar-refractivity contribution < 1.29 is 4.74 Å². The molecular weight excluding hydrogens is 224 g/mol. The Morgan fingerprint density at radius 2 is 2.22 bits per heavy atom. The highest BCUT2D eigenvalue weighted by atomic mass is 16.5. The van der Waals surface area contributed by atoms with E-state index in [9.17, 15) is 0 Å². The smallest absolute Gasteiger partial charge is 0.143 e. The van der Waals surface area contributed by atoms with E-state index in [0.29, 0.717) is 12.6 Å². The lowest BCUT2D eigenvalue weighted by Crippen LogP contribution is -2.40. The van der Waals surface area contributed by atoms with Gasteiger partial charge in [0.2, 0.25) is 0 Å². The largest absolute Gasteiger partial charge is 0.486 e. The molecule has 1 aliphatic heterocycles. The molecule has 3 heteroatoms. The van der Waals surface area contributed by atoms with Crippen molar-refractivity contribution in [3.63, 3.8) is 0 Å². The van der Waals surface area contributed by atoms with Gasteiger partial charge in [0.1, 0.15) is 11.9 Å². The summed E-state index contributed by atoms with van der Waals surface area (Å²) in [6.45, 7) is 7.11. The standard InChI is InChI=1S/C15H24N2O/c1-3-5-8-17-11-13(4-2)18-15-9-12(10-16)6-7-14(15)17/h6-7,9,13H,3-5,8,10-11,16H2,1-2H3. The normalized spacial score (nSPS) is 18.4. The fraction of sp³-hybridized carbons (Fsp3) is 0.600. The minimum atomic E-state index is 0.308. The van der Waals surface area contributed by atoms with E-state index in [-0.39, 0.29) is 0 Å². The predicted octanol–water partition coefficient (Wildman–Crippen LogP) is 2.92. The number of benzene rings is 1. The van der Waals surface area contributed by atoms with Crippen LogP contribution in [0.25, 0.3) is 0 Å². The molecule has 1 unspecified atom stereocenters. The molecule has 2 N–H and O–H groups in total. The average molecular weight is 248 g/mol. The van der Waals surface area contributed by atoms with Crippen LogP contribution in [-0.4, -0.2) is 19.2 Å². The van der Waals surface area contributed by atoms with Gasteiger partial charge in [0, 0.05) is 13.1 Å². The zero-order chi connectivity index (χ0) is 13.0. The van der Waals surface area contributed by atoms with Crippen molar-refractivity contribution >= 4 is 5.69 Å². The summed E-state index contributed by atoms with van der Waals surface area (Å²) in [5, 5.41) is 0. The minimum absolute atomic E-state index is 0.308. The summed E-state index contributed by atoms with van der Waals surface area (Å²) in [7, 11) is 0. The Hall–Kier alpha value is -1.22. The first-order valence-electron chi connectivity index (χ1n) is 7.03. The van der Waals surface area contributed by atoms with E-state index in [2.05, 4.69) is 36.9 Å². The third-order valence-electron chi connectivity index (χ3n) is 3.56. The Labute approximate surface area is 110 Å². The molecule has 1 aliphatic rings. The first kappa shape index (κ1) is 13.2. The summed E-state index contributed by atoms with van der Waals surface area (Å²) < 4.78 is 6.04. The van der Waals surface area contributed by atoms with Gasteiger partial charge >= 0.3 is 0 Å². The van der Waals surface area contributed by atoms with Crippen LogP contribution in [0.1, 0.15) is 38.7 Å². The molecule has 0 aliphatic carbocycles. The fourth-order valence-electron chi connectivity index (χ4n) is 2.38. The van der Waals surface area contributed by atoms with Gasteiger partial charge in [-0.15, -0.1) is 0 Å². The Morgan fingerprint density at radius 1 is 1.39 bits per heavy atom. The van der Waals surface area contributed by atoms with Crippen LogP contribution in [0, 0.1) is 0 Å². The van der Waals surface area contributed by atoms with E-state index in [1.54, 1.807) is 0 Å². The van der Waals surface area contributed by atoms with E-state index in [1.165, 1.54) is 18.5 Å².